The smallest absolute Gasteiger partial charge is 0.264 e. The van der Waals surface area contributed by atoms with E-state index in [0.717, 1.165) is 9.87 Å². The monoisotopic (exact) mass is 615 g/mol. The molecule has 38 heavy (non-hydrogen) atoms. The number of halogens is 4. The van der Waals surface area contributed by atoms with E-state index in [1.165, 1.54) is 49.2 Å². The lowest BCUT2D eigenvalue weighted by Gasteiger charge is -2.32. The summed E-state index contributed by atoms with van der Waals surface area (Å²) < 4.78 is 28.5. The van der Waals surface area contributed by atoms with Gasteiger partial charge in [0.15, 0.2) is 0 Å². The van der Waals surface area contributed by atoms with Gasteiger partial charge in [0.05, 0.1) is 20.6 Å². The lowest BCUT2D eigenvalue weighted by atomic mass is 10.1. The Morgan fingerprint density at radius 2 is 1.50 bits per heavy atom. The molecule has 3 aromatic rings. The minimum Gasteiger partial charge on any atom is -0.357 e. The third-order valence-corrected chi connectivity index (χ3v) is 9.12. The number of nitrogens with one attached hydrogen (secondary N) is 1. The number of anilines is 1. The Bertz CT molecular complexity index is 1430. The summed E-state index contributed by atoms with van der Waals surface area (Å²) in [5.74, 6) is -1.12. The van der Waals surface area contributed by atoms with Crippen LogP contribution in [0.5, 0.6) is 0 Å². The Morgan fingerprint density at radius 3 is 2.05 bits per heavy atom. The highest BCUT2D eigenvalue weighted by Crippen LogP contribution is 2.31. The molecule has 0 spiro atoms. The van der Waals surface area contributed by atoms with E-state index in [1.54, 1.807) is 30.3 Å². The second-order valence-electron chi connectivity index (χ2n) is 8.44. The van der Waals surface area contributed by atoms with Crippen LogP contribution in [0.1, 0.15) is 18.1 Å². The van der Waals surface area contributed by atoms with E-state index >= 15 is 0 Å². The van der Waals surface area contributed by atoms with Crippen LogP contribution in [-0.2, 0) is 26.2 Å². The molecular weight excluding hydrogens is 592 g/mol. The van der Waals surface area contributed by atoms with E-state index in [9.17, 15) is 18.0 Å². The van der Waals surface area contributed by atoms with Gasteiger partial charge in [0.2, 0.25) is 11.8 Å². The molecule has 0 unspecified atom stereocenters. The van der Waals surface area contributed by atoms with E-state index in [1.807, 2.05) is 6.92 Å². The molecule has 0 heterocycles. The molecule has 202 valence electrons. The van der Waals surface area contributed by atoms with Crippen molar-refractivity contribution in [3.05, 3.63) is 91.9 Å². The third kappa shape index (κ3) is 6.74. The summed E-state index contributed by atoms with van der Waals surface area (Å²) in [5.41, 5.74) is 1.40. The molecule has 2 amide bonds. The van der Waals surface area contributed by atoms with Crippen molar-refractivity contribution in [2.45, 2.75) is 31.3 Å². The molecule has 0 bridgehead atoms. The summed E-state index contributed by atoms with van der Waals surface area (Å²) in [5, 5.41) is 3.44. The topological polar surface area (TPSA) is 86.8 Å². The number of benzene rings is 3. The molecule has 7 nitrogen and oxygen atoms in total. The Balaban J connectivity index is 2.09. The Labute approximate surface area is 242 Å². The maximum absolute atomic E-state index is 13.8. The molecule has 0 aromatic heterocycles. The summed E-state index contributed by atoms with van der Waals surface area (Å²) in [7, 11) is -2.80. The van der Waals surface area contributed by atoms with Crippen LogP contribution in [0.15, 0.2) is 65.6 Å². The SMILES string of the molecule is CNC(=O)[C@@H](C)N(Cc1c(Cl)cccc1Cl)C(=O)CN(c1ccc(Cl)c(Cl)c1)S(=O)(=O)c1ccc(C)cc1. The van der Waals surface area contributed by atoms with Crippen LogP contribution in [0.3, 0.4) is 0 Å². The summed E-state index contributed by atoms with van der Waals surface area (Å²) in [4.78, 5) is 27.6. The first-order valence-electron chi connectivity index (χ1n) is 11.3. The van der Waals surface area contributed by atoms with Crippen molar-refractivity contribution >= 4 is 73.9 Å². The highest BCUT2D eigenvalue weighted by Gasteiger charge is 2.33. The normalized spacial score (nSPS) is 12.1. The third-order valence-electron chi connectivity index (χ3n) is 5.88. The molecule has 0 saturated carbocycles. The average molecular weight is 617 g/mol. The van der Waals surface area contributed by atoms with E-state index in [2.05, 4.69) is 5.32 Å². The number of nitrogens with zero attached hydrogens (tertiary/aromatic N) is 2. The predicted octanol–water partition coefficient (Wildman–Crippen LogP) is 5.97. The first kappa shape index (κ1) is 30.1. The van der Waals surface area contributed by atoms with Crippen LogP contribution < -0.4 is 9.62 Å². The number of aryl methyl sites for hydroxylation is 1. The van der Waals surface area contributed by atoms with E-state index in [4.69, 9.17) is 46.4 Å². The number of hydrogen-bond acceptors (Lipinski definition) is 4. The first-order chi connectivity index (χ1) is 17.9. The van der Waals surface area contributed by atoms with Crippen LogP contribution in [-0.4, -0.2) is 44.8 Å². The molecule has 0 radical (unpaired) electrons. The van der Waals surface area contributed by atoms with E-state index in [0.29, 0.717) is 15.6 Å². The molecule has 1 N–H and O–H groups in total. The quantitative estimate of drug-likeness (QED) is 0.321. The van der Waals surface area contributed by atoms with Crippen molar-refractivity contribution in [2.75, 3.05) is 17.9 Å². The fourth-order valence-corrected chi connectivity index (χ4v) is 5.87. The van der Waals surface area contributed by atoms with Gasteiger partial charge in [0.25, 0.3) is 10.0 Å². The molecule has 0 fully saturated rings. The van der Waals surface area contributed by atoms with Crippen molar-refractivity contribution in [3.63, 3.8) is 0 Å². The van der Waals surface area contributed by atoms with Gasteiger partial charge < -0.3 is 10.2 Å². The lowest BCUT2D eigenvalue weighted by molar-refractivity contribution is -0.139. The molecule has 3 rings (SSSR count). The zero-order valence-electron chi connectivity index (χ0n) is 20.7. The zero-order chi connectivity index (χ0) is 28.2. The second-order valence-corrected chi connectivity index (χ2v) is 11.9. The lowest BCUT2D eigenvalue weighted by Crippen LogP contribution is -2.50. The second kappa shape index (κ2) is 12.6. The van der Waals surface area contributed by atoms with Crippen LogP contribution in [0.25, 0.3) is 0 Å². The number of hydrogen-bond donors (Lipinski definition) is 1. The first-order valence-corrected chi connectivity index (χ1v) is 14.3. The van der Waals surface area contributed by atoms with Crippen molar-refractivity contribution in [2.24, 2.45) is 0 Å². The largest absolute Gasteiger partial charge is 0.357 e. The highest BCUT2D eigenvalue weighted by atomic mass is 35.5. The Kier molecular flexibility index (Phi) is 9.95. The van der Waals surface area contributed by atoms with Gasteiger partial charge in [0.1, 0.15) is 12.6 Å². The van der Waals surface area contributed by atoms with Crippen molar-refractivity contribution in [1.29, 1.82) is 0 Å². The van der Waals surface area contributed by atoms with Crippen molar-refractivity contribution in [3.8, 4) is 0 Å². The molecule has 0 aliphatic rings. The fraction of sp³-hybridized carbons (Fsp3) is 0.231. The van der Waals surface area contributed by atoms with Crippen LogP contribution >= 0.6 is 46.4 Å². The minimum atomic E-state index is -4.24. The molecule has 0 aliphatic heterocycles. The maximum Gasteiger partial charge on any atom is 0.264 e. The van der Waals surface area contributed by atoms with Crippen LogP contribution in [0, 0.1) is 6.92 Å². The summed E-state index contributed by atoms with van der Waals surface area (Å²) in [6.45, 7) is 2.58. The molecule has 3 aromatic carbocycles. The van der Waals surface area contributed by atoms with Crippen molar-refractivity contribution in [1.82, 2.24) is 10.2 Å². The summed E-state index contributed by atoms with van der Waals surface area (Å²) in [6.07, 6.45) is 0. The minimum absolute atomic E-state index is 0.0259. The predicted molar refractivity (Wildman–Crippen MR) is 153 cm³/mol. The molecular formula is C26H25Cl4N3O4S. The number of sulfonamides is 1. The van der Waals surface area contributed by atoms with E-state index in [-0.39, 0.29) is 27.2 Å². The molecule has 0 aliphatic carbocycles. The van der Waals surface area contributed by atoms with Gasteiger partial charge in [-0.3, -0.25) is 13.9 Å². The fourth-order valence-electron chi connectivity index (χ4n) is 3.65. The Hall–Kier alpha value is -2.49. The van der Waals surface area contributed by atoms with Crippen LogP contribution in [0.4, 0.5) is 5.69 Å². The van der Waals surface area contributed by atoms with Gasteiger partial charge in [-0.1, -0.05) is 70.2 Å². The number of carbonyl (C=O) groups excluding carboxylic acids is 2. The van der Waals surface area contributed by atoms with Gasteiger partial charge in [-0.25, -0.2) is 8.42 Å². The number of carbonyl (C=O) groups is 2. The van der Waals surface area contributed by atoms with Gasteiger partial charge in [-0.15, -0.1) is 0 Å². The number of likely N-dealkylation sites (N-methyl/N-ethyl adjacent to an activating group) is 1. The highest BCUT2D eigenvalue weighted by molar-refractivity contribution is 7.92. The molecule has 0 saturated heterocycles. The van der Waals surface area contributed by atoms with Crippen LogP contribution in [0.2, 0.25) is 20.1 Å². The summed E-state index contributed by atoms with van der Waals surface area (Å²) >= 11 is 24.9. The van der Waals surface area contributed by atoms with Gasteiger partial charge in [0, 0.05) is 29.2 Å². The average Bonchev–Trinajstić information content (AvgIpc) is 2.88. The Morgan fingerprint density at radius 1 is 0.895 bits per heavy atom. The molecule has 1 atom stereocenters. The number of rotatable bonds is 9. The number of amides is 2. The maximum atomic E-state index is 13.8. The van der Waals surface area contributed by atoms with Gasteiger partial charge in [-0.05, 0) is 56.3 Å². The van der Waals surface area contributed by atoms with Crippen molar-refractivity contribution < 1.29 is 18.0 Å². The standard InChI is InChI=1S/C26H25Cl4N3O4S/c1-16-7-10-19(11-8-16)38(36,37)33(18-9-12-23(29)24(30)13-18)15-25(34)32(17(2)26(35)31-3)14-20-21(27)5-4-6-22(20)28/h4-13,17H,14-15H2,1-3H3,(H,31,35)/t17-/m1/s1. The molecule has 12 heteroatoms. The van der Waals surface area contributed by atoms with E-state index < -0.39 is 34.4 Å². The summed E-state index contributed by atoms with van der Waals surface area (Å²) in [6, 6.07) is 14.4. The van der Waals surface area contributed by atoms with Gasteiger partial charge >= 0.3 is 0 Å². The van der Waals surface area contributed by atoms with Gasteiger partial charge in [-0.2, -0.15) is 0 Å². The zero-order valence-corrected chi connectivity index (χ0v) is 24.6.